The van der Waals surface area contributed by atoms with Gasteiger partial charge in [0.2, 0.25) is 5.39 Å². The van der Waals surface area contributed by atoms with Crippen LogP contribution in [0, 0.1) is 0 Å². The minimum atomic E-state index is -0.789. The summed E-state index contributed by atoms with van der Waals surface area (Å²) in [5.74, 6) is -2.37. The van der Waals surface area contributed by atoms with E-state index in [0.717, 1.165) is 20.8 Å². The van der Waals surface area contributed by atoms with E-state index in [1.165, 1.54) is 0 Å². The molecule has 0 amide bonds. The van der Waals surface area contributed by atoms with Gasteiger partial charge in [-0.2, -0.15) is 0 Å². The monoisotopic (exact) mass is 205 g/mol. The first-order valence-electron chi connectivity index (χ1n) is 3.27. The molecule has 0 aromatic heterocycles. The summed E-state index contributed by atoms with van der Waals surface area (Å²) in [7, 11) is 0. The van der Waals surface area contributed by atoms with Gasteiger partial charge in [-0.1, -0.05) is 0 Å². The lowest BCUT2D eigenvalue weighted by atomic mass is 10.8. The van der Waals surface area contributed by atoms with Crippen LogP contribution in [0.15, 0.2) is 0 Å². The molecule has 80 valence electrons. The molecule has 0 spiro atoms. The van der Waals surface area contributed by atoms with Gasteiger partial charge in [0, 0.05) is 20.8 Å². The molecule has 0 saturated heterocycles. The first-order chi connectivity index (χ1) is 5.91. The molecule has 7 nitrogen and oxygen atoms in total. The Morgan fingerprint density at radius 2 is 1.00 bits per heavy atom. The second-order valence-electron chi connectivity index (χ2n) is 1.97. The molecule has 0 aliphatic carbocycles. The molecule has 8 heteroatoms. The van der Waals surface area contributed by atoms with Gasteiger partial charge in [-0.15, -0.1) is 0 Å². The Labute approximate surface area is 82.3 Å². The molecule has 0 bridgehead atoms. The van der Waals surface area contributed by atoms with Crippen molar-refractivity contribution in [3.63, 3.8) is 0 Å². The number of nitrogens with zero attached hydrogens (tertiary/aromatic N) is 1. The van der Waals surface area contributed by atoms with Crippen molar-refractivity contribution in [2.45, 2.75) is 20.8 Å². The van der Waals surface area contributed by atoms with Crippen LogP contribution in [0.4, 0.5) is 0 Å². The van der Waals surface area contributed by atoms with Crippen molar-refractivity contribution >= 4 is 26.3 Å². The van der Waals surface area contributed by atoms with Crippen LogP contribution >= 0.6 is 0 Å². The zero-order valence-electron chi connectivity index (χ0n) is 7.40. The van der Waals surface area contributed by atoms with Crippen molar-refractivity contribution in [2.75, 3.05) is 0 Å². The molecule has 0 saturated carbocycles. The van der Waals surface area contributed by atoms with E-state index < -0.39 is 17.9 Å². The fourth-order valence-corrected chi connectivity index (χ4v) is 0.371. The van der Waals surface area contributed by atoms with Gasteiger partial charge >= 0.3 is 17.9 Å². The Kier molecular flexibility index (Phi) is 7.36. The molecule has 0 fully saturated rings. The van der Waals surface area contributed by atoms with E-state index in [2.05, 4.69) is 14.5 Å². The molecule has 0 atom stereocenters. The zero-order valence-corrected chi connectivity index (χ0v) is 7.40. The first kappa shape index (κ1) is 14.9. The van der Waals surface area contributed by atoms with Gasteiger partial charge in [0.15, 0.2) is 0 Å². The summed E-state index contributed by atoms with van der Waals surface area (Å²) in [6, 6.07) is 0. The molecule has 0 aromatic carbocycles. The van der Waals surface area contributed by atoms with Gasteiger partial charge in [-0.25, -0.2) is 0 Å². The molecule has 0 N–H and O–H groups in total. The van der Waals surface area contributed by atoms with Crippen LogP contribution in [0.3, 0.4) is 0 Å². The van der Waals surface area contributed by atoms with Crippen LogP contribution in [0.25, 0.3) is 0 Å². The van der Waals surface area contributed by atoms with E-state index in [1.807, 2.05) is 0 Å². The Hall–Kier alpha value is -1.57. The maximum Gasteiger partial charge on any atom is 0.329 e. The molecule has 0 aliphatic heterocycles. The van der Waals surface area contributed by atoms with E-state index in [-0.39, 0.29) is 13.8 Å². The summed E-state index contributed by atoms with van der Waals surface area (Å²) < 4.78 is 0. The summed E-state index contributed by atoms with van der Waals surface area (Å²) in [5.41, 5.74) is 0. The zero-order chi connectivity index (χ0) is 10.4. The first-order valence-corrected chi connectivity index (χ1v) is 3.27. The minimum absolute atomic E-state index is 0. The second-order valence-corrected chi connectivity index (χ2v) is 1.97. The highest BCUT2D eigenvalue weighted by molar-refractivity contribution is 5.75. The molecule has 0 aliphatic rings. The average molecular weight is 205 g/mol. The minimum Gasteiger partial charge on any atom is -0.301 e. The fourth-order valence-electron chi connectivity index (χ4n) is 0.371. The quantitative estimate of drug-likeness (QED) is 0.411. The van der Waals surface area contributed by atoms with Gasteiger partial charge in [0.05, 0.1) is 8.41 Å². The van der Waals surface area contributed by atoms with E-state index in [4.69, 9.17) is 0 Å². The lowest BCUT2D eigenvalue weighted by Crippen LogP contribution is -2.30. The van der Waals surface area contributed by atoms with Gasteiger partial charge in [-0.05, 0) is 0 Å². The Balaban J connectivity index is 0. The lowest BCUT2D eigenvalue weighted by molar-refractivity contribution is -0.462. The van der Waals surface area contributed by atoms with E-state index in [1.54, 1.807) is 0 Å². The van der Waals surface area contributed by atoms with Crippen LogP contribution in [0.5, 0.6) is 0 Å². The molecule has 0 aromatic rings. The summed E-state index contributed by atoms with van der Waals surface area (Å²) in [4.78, 5) is 43.7. The van der Waals surface area contributed by atoms with Gasteiger partial charge in [0.1, 0.15) is 0 Å². The van der Waals surface area contributed by atoms with Crippen LogP contribution in [0.2, 0.25) is 0 Å². The van der Waals surface area contributed by atoms with Crippen molar-refractivity contribution < 1.29 is 28.9 Å². The summed E-state index contributed by atoms with van der Waals surface area (Å²) in [6.07, 6.45) is 0. The van der Waals surface area contributed by atoms with Crippen molar-refractivity contribution in [3.8, 4) is 0 Å². The van der Waals surface area contributed by atoms with Crippen molar-refractivity contribution in [2.24, 2.45) is 0 Å². The van der Waals surface area contributed by atoms with Gasteiger partial charge in [0.25, 0.3) is 0 Å². The molecular formula is C6H12BNO6. The molecule has 0 radical (unpaired) electrons. The van der Waals surface area contributed by atoms with Crippen molar-refractivity contribution in [3.05, 3.63) is 0 Å². The third-order valence-corrected chi connectivity index (χ3v) is 0.609. The topological polar surface area (TPSA) is 82.1 Å². The SMILES string of the molecule is B.CC(=O)ON(OC(C)=O)OC(C)=O. The Morgan fingerprint density at radius 1 is 0.786 bits per heavy atom. The molecular weight excluding hydrogens is 193 g/mol. The van der Waals surface area contributed by atoms with E-state index in [0.29, 0.717) is 0 Å². The third kappa shape index (κ3) is 8.53. The van der Waals surface area contributed by atoms with E-state index in [9.17, 15) is 14.4 Å². The summed E-state index contributed by atoms with van der Waals surface area (Å²) in [5, 5.41) is 0.0486. The van der Waals surface area contributed by atoms with Crippen LogP contribution in [-0.4, -0.2) is 31.7 Å². The number of rotatable bonds is 3. The highest BCUT2D eigenvalue weighted by atomic mass is 17.2. The van der Waals surface area contributed by atoms with Crippen molar-refractivity contribution in [1.29, 1.82) is 0 Å². The predicted octanol–water partition coefficient (Wildman–Crippen LogP) is -1.46. The summed E-state index contributed by atoms with van der Waals surface area (Å²) >= 11 is 0. The predicted molar refractivity (Wildman–Crippen MR) is 47.1 cm³/mol. The van der Waals surface area contributed by atoms with Gasteiger partial charge in [-0.3, -0.25) is 14.4 Å². The lowest BCUT2D eigenvalue weighted by Gasteiger charge is -2.13. The number of carbonyl (C=O) groups excluding carboxylic acids is 3. The Bertz CT molecular complexity index is 192. The normalized spacial score (nSPS) is 8.57. The second kappa shape index (κ2) is 6.90. The smallest absolute Gasteiger partial charge is 0.301 e. The van der Waals surface area contributed by atoms with Gasteiger partial charge < -0.3 is 14.5 Å². The number of carbonyl (C=O) groups is 3. The molecule has 0 heterocycles. The number of hydrogen-bond acceptors (Lipinski definition) is 7. The van der Waals surface area contributed by atoms with Crippen LogP contribution in [-0.2, 0) is 28.9 Å². The summed E-state index contributed by atoms with van der Waals surface area (Å²) in [6.45, 7) is 3.17. The highest BCUT2D eigenvalue weighted by Gasteiger charge is 2.16. The molecule has 14 heavy (non-hydrogen) atoms. The fraction of sp³-hybridized carbons (Fsp3) is 0.500. The Morgan fingerprint density at radius 3 is 1.14 bits per heavy atom. The van der Waals surface area contributed by atoms with Crippen molar-refractivity contribution in [1.82, 2.24) is 5.39 Å². The molecule has 0 unspecified atom stereocenters. The average Bonchev–Trinajstić information content (AvgIpc) is 1.80. The van der Waals surface area contributed by atoms with Crippen LogP contribution < -0.4 is 0 Å². The van der Waals surface area contributed by atoms with Crippen LogP contribution in [0.1, 0.15) is 20.8 Å². The van der Waals surface area contributed by atoms with E-state index >= 15 is 0 Å². The highest BCUT2D eigenvalue weighted by Crippen LogP contribution is 1.96. The third-order valence-electron chi connectivity index (χ3n) is 0.609. The maximum atomic E-state index is 10.4. The standard InChI is InChI=1S/C6H9NO6.BH3/c1-4(8)11-7(12-5(2)9)13-6(3)10;/h1-3H3;1H3. The molecule has 0 rings (SSSR count). The number of hydrogen-bond donors (Lipinski definition) is 0. The maximum absolute atomic E-state index is 10.4. The largest absolute Gasteiger partial charge is 0.329 e.